The van der Waals surface area contributed by atoms with Crippen molar-refractivity contribution in [2.24, 2.45) is 0 Å². The molecule has 1 N–H and O–H groups in total. The molecule has 2 amide bonds. The van der Waals surface area contributed by atoms with Crippen LogP contribution in [-0.2, 0) is 26.2 Å². The van der Waals surface area contributed by atoms with Gasteiger partial charge in [0.2, 0.25) is 11.8 Å². The zero-order valence-corrected chi connectivity index (χ0v) is 25.8. The molecule has 0 heterocycles. The molecule has 0 saturated heterocycles. The lowest BCUT2D eigenvalue weighted by Gasteiger charge is -2.32. The number of carbonyl (C=O) groups excluding carboxylic acids is 2. The SMILES string of the molecule is CC[C@H](C)NC(=O)[C@H](C)N(Cc1ccc(Cl)c(Cl)c1)C(=O)CN(c1cccc(C)c1)S(=O)(=O)c1ccc(Cl)cc1. The summed E-state index contributed by atoms with van der Waals surface area (Å²) in [5.74, 6) is -0.928. The van der Waals surface area contributed by atoms with E-state index in [4.69, 9.17) is 34.8 Å². The van der Waals surface area contributed by atoms with Gasteiger partial charge in [0.05, 0.1) is 20.6 Å². The minimum Gasteiger partial charge on any atom is -0.352 e. The monoisotopic (exact) mass is 623 g/mol. The van der Waals surface area contributed by atoms with E-state index in [1.165, 1.54) is 29.2 Å². The first-order chi connectivity index (χ1) is 18.8. The summed E-state index contributed by atoms with van der Waals surface area (Å²) >= 11 is 18.3. The first-order valence-corrected chi connectivity index (χ1v) is 15.3. The van der Waals surface area contributed by atoms with Crippen LogP contribution < -0.4 is 9.62 Å². The Labute approximate surface area is 251 Å². The predicted octanol–water partition coefficient (Wildman–Crippen LogP) is 6.48. The van der Waals surface area contributed by atoms with E-state index < -0.39 is 28.5 Å². The van der Waals surface area contributed by atoms with Crippen LogP contribution in [-0.4, -0.2) is 43.8 Å². The van der Waals surface area contributed by atoms with Crippen molar-refractivity contribution in [3.05, 3.63) is 92.9 Å². The molecule has 3 aromatic rings. The molecule has 214 valence electrons. The Bertz CT molecular complexity index is 1470. The Hall–Kier alpha value is -2.78. The van der Waals surface area contributed by atoms with E-state index >= 15 is 0 Å². The van der Waals surface area contributed by atoms with Gasteiger partial charge in [0.1, 0.15) is 12.6 Å². The molecule has 0 saturated carbocycles. The van der Waals surface area contributed by atoms with E-state index in [0.29, 0.717) is 32.7 Å². The Kier molecular flexibility index (Phi) is 10.9. The molecule has 0 aromatic heterocycles. The normalized spacial score (nSPS) is 12.9. The maximum absolute atomic E-state index is 14.0. The van der Waals surface area contributed by atoms with Crippen LogP contribution in [0.1, 0.15) is 38.3 Å². The largest absolute Gasteiger partial charge is 0.352 e. The van der Waals surface area contributed by atoms with Crippen LogP contribution in [0, 0.1) is 6.92 Å². The van der Waals surface area contributed by atoms with Gasteiger partial charge in [0.25, 0.3) is 10.0 Å². The Morgan fingerprint density at radius 2 is 1.60 bits per heavy atom. The third-order valence-corrected chi connectivity index (χ3v) is 9.25. The fourth-order valence-electron chi connectivity index (χ4n) is 3.93. The van der Waals surface area contributed by atoms with Gasteiger partial charge >= 0.3 is 0 Å². The molecule has 7 nitrogen and oxygen atoms in total. The molecule has 40 heavy (non-hydrogen) atoms. The summed E-state index contributed by atoms with van der Waals surface area (Å²) in [4.78, 5) is 28.4. The van der Waals surface area contributed by atoms with Crippen molar-refractivity contribution < 1.29 is 18.0 Å². The summed E-state index contributed by atoms with van der Waals surface area (Å²) in [7, 11) is -4.18. The number of sulfonamides is 1. The average Bonchev–Trinajstić information content (AvgIpc) is 2.91. The first kappa shape index (κ1) is 31.7. The third kappa shape index (κ3) is 7.91. The maximum atomic E-state index is 14.0. The van der Waals surface area contributed by atoms with Crippen LogP contribution in [0.4, 0.5) is 5.69 Å². The van der Waals surface area contributed by atoms with Crippen molar-refractivity contribution in [1.82, 2.24) is 10.2 Å². The molecule has 3 aromatic carbocycles. The number of nitrogens with one attached hydrogen (secondary N) is 1. The van der Waals surface area contributed by atoms with Crippen LogP contribution >= 0.6 is 34.8 Å². The Morgan fingerprint density at radius 3 is 2.20 bits per heavy atom. The van der Waals surface area contributed by atoms with Gasteiger partial charge in [-0.2, -0.15) is 0 Å². The van der Waals surface area contributed by atoms with Crippen molar-refractivity contribution in [3.8, 4) is 0 Å². The quantitative estimate of drug-likeness (QED) is 0.265. The van der Waals surface area contributed by atoms with Crippen molar-refractivity contribution in [3.63, 3.8) is 0 Å². The van der Waals surface area contributed by atoms with Crippen LogP contribution in [0.15, 0.2) is 71.6 Å². The van der Waals surface area contributed by atoms with E-state index in [1.807, 2.05) is 26.8 Å². The summed E-state index contributed by atoms with van der Waals surface area (Å²) in [6.45, 7) is 6.71. The van der Waals surface area contributed by atoms with Gasteiger partial charge in [-0.3, -0.25) is 13.9 Å². The van der Waals surface area contributed by atoms with Crippen LogP contribution in [0.2, 0.25) is 15.1 Å². The fraction of sp³-hybridized carbons (Fsp3) is 0.310. The molecule has 11 heteroatoms. The van der Waals surface area contributed by atoms with Gasteiger partial charge in [0, 0.05) is 17.6 Å². The third-order valence-electron chi connectivity index (χ3n) is 6.48. The number of aryl methyl sites for hydroxylation is 1. The zero-order valence-electron chi connectivity index (χ0n) is 22.7. The van der Waals surface area contributed by atoms with E-state index in [0.717, 1.165) is 9.87 Å². The van der Waals surface area contributed by atoms with Gasteiger partial charge in [-0.15, -0.1) is 0 Å². The van der Waals surface area contributed by atoms with Gasteiger partial charge < -0.3 is 10.2 Å². The van der Waals surface area contributed by atoms with E-state index in [1.54, 1.807) is 43.3 Å². The van der Waals surface area contributed by atoms with Crippen LogP contribution in [0.25, 0.3) is 0 Å². The molecule has 0 unspecified atom stereocenters. The van der Waals surface area contributed by atoms with Crippen LogP contribution in [0.5, 0.6) is 0 Å². The number of halogens is 3. The highest BCUT2D eigenvalue weighted by atomic mass is 35.5. The van der Waals surface area contributed by atoms with E-state index in [2.05, 4.69) is 5.32 Å². The molecule has 0 aliphatic rings. The summed E-state index contributed by atoms with van der Waals surface area (Å²) in [6, 6.07) is 16.5. The minimum atomic E-state index is -4.18. The van der Waals surface area contributed by atoms with E-state index in [-0.39, 0.29) is 23.4 Å². The average molecular weight is 625 g/mol. The topological polar surface area (TPSA) is 86.8 Å². The summed E-state index contributed by atoms with van der Waals surface area (Å²) < 4.78 is 28.7. The maximum Gasteiger partial charge on any atom is 0.264 e. The van der Waals surface area contributed by atoms with Crippen molar-refractivity contribution in [2.45, 2.75) is 57.6 Å². The van der Waals surface area contributed by atoms with Crippen molar-refractivity contribution in [1.29, 1.82) is 0 Å². The number of benzene rings is 3. The fourth-order valence-corrected chi connectivity index (χ4v) is 5.78. The van der Waals surface area contributed by atoms with Gasteiger partial charge in [-0.05, 0) is 86.8 Å². The lowest BCUT2D eigenvalue weighted by atomic mass is 10.1. The molecular formula is C29H32Cl3N3O4S. The molecule has 0 radical (unpaired) electrons. The summed E-state index contributed by atoms with van der Waals surface area (Å²) in [5, 5.41) is 3.93. The number of amides is 2. The molecular weight excluding hydrogens is 593 g/mol. The van der Waals surface area contributed by atoms with Gasteiger partial charge in [0.15, 0.2) is 0 Å². The second kappa shape index (κ2) is 13.7. The zero-order chi connectivity index (χ0) is 29.6. The highest BCUT2D eigenvalue weighted by Gasteiger charge is 2.33. The van der Waals surface area contributed by atoms with Gasteiger partial charge in [-0.1, -0.05) is 59.9 Å². The number of carbonyl (C=O) groups is 2. The number of hydrogen-bond acceptors (Lipinski definition) is 4. The smallest absolute Gasteiger partial charge is 0.264 e. The number of rotatable bonds is 11. The second-order valence-electron chi connectivity index (χ2n) is 9.57. The van der Waals surface area contributed by atoms with Crippen molar-refractivity contribution >= 4 is 62.3 Å². The Morgan fingerprint density at radius 1 is 0.925 bits per heavy atom. The summed E-state index contributed by atoms with van der Waals surface area (Å²) in [5.41, 5.74) is 1.76. The first-order valence-electron chi connectivity index (χ1n) is 12.7. The van der Waals surface area contributed by atoms with Crippen molar-refractivity contribution in [2.75, 3.05) is 10.8 Å². The second-order valence-corrected chi connectivity index (χ2v) is 12.7. The predicted molar refractivity (Wildman–Crippen MR) is 162 cm³/mol. The highest BCUT2D eigenvalue weighted by Crippen LogP contribution is 2.27. The molecule has 2 atom stereocenters. The highest BCUT2D eigenvalue weighted by molar-refractivity contribution is 7.92. The summed E-state index contributed by atoms with van der Waals surface area (Å²) in [6.07, 6.45) is 0.708. The molecule has 0 fully saturated rings. The molecule has 0 spiro atoms. The molecule has 3 rings (SSSR count). The minimum absolute atomic E-state index is 0.00741. The lowest BCUT2D eigenvalue weighted by molar-refractivity contribution is -0.139. The number of hydrogen-bond donors (Lipinski definition) is 1. The number of nitrogens with zero attached hydrogens (tertiary/aromatic N) is 2. The molecule has 0 bridgehead atoms. The van der Waals surface area contributed by atoms with Gasteiger partial charge in [-0.25, -0.2) is 8.42 Å². The van der Waals surface area contributed by atoms with Crippen LogP contribution in [0.3, 0.4) is 0 Å². The molecule has 0 aliphatic heterocycles. The molecule has 0 aliphatic carbocycles. The van der Waals surface area contributed by atoms with E-state index in [9.17, 15) is 18.0 Å². The standard InChI is InChI=1S/C29H32Cl3N3O4S/c1-5-20(3)33-29(37)21(4)34(17-22-9-14-26(31)27(32)16-22)28(36)18-35(24-8-6-7-19(2)15-24)40(38,39)25-12-10-23(30)11-13-25/h6-16,20-21H,5,17-18H2,1-4H3,(H,33,37)/t20-,21-/m0/s1. The lowest BCUT2D eigenvalue weighted by Crippen LogP contribution is -2.52. The number of anilines is 1. The Balaban J connectivity index is 2.04.